The van der Waals surface area contributed by atoms with Crippen molar-refractivity contribution < 1.29 is 19.4 Å². The average Bonchev–Trinajstić information content (AvgIpc) is 3.34. The van der Waals surface area contributed by atoms with Crippen molar-refractivity contribution in [3.63, 3.8) is 0 Å². The molecule has 1 atom stereocenters. The van der Waals surface area contributed by atoms with E-state index >= 15 is 0 Å². The molecule has 0 saturated carbocycles. The molecule has 1 aliphatic heterocycles. The highest BCUT2D eigenvalue weighted by Crippen LogP contribution is 2.26. The Morgan fingerprint density at radius 2 is 2.14 bits per heavy atom. The van der Waals surface area contributed by atoms with Crippen LogP contribution in [0.3, 0.4) is 0 Å². The zero-order valence-electron chi connectivity index (χ0n) is 15.3. The van der Waals surface area contributed by atoms with Crippen LogP contribution in [0, 0.1) is 0 Å². The summed E-state index contributed by atoms with van der Waals surface area (Å²) >= 11 is 1.87. The van der Waals surface area contributed by atoms with Crippen LogP contribution in [0.15, 0.2) is 42.9 Å². The Kier molecular flexibility index (Phi) is 5.62. The van der Waals surface area contributed by atoms with Crippen LogP contribution in [-0.2, 0) is 11.3 Å². The van der Waals surface area contributed by atoms with Gasteiger partial charge in [-0.2, -0.15) is 0 Å². The van der Waals surface area contributed by atoms with Crippen molar-refractivity contribution in [1.82, 2.24) is 23.0 Å². The van der Waals surface area contributed by atoms with E-state index in [2.05, 4.69) is 18.4 Å². The smallest absolute Gasteiger partial charge is 0.415 e. The van der Waals surface area contributed by atoms with Gasteiger partial charge in [-0.25, -0.2) is 14.8 Å². The number of benzene rings is 1. The van der Waals surface area contributed by atoms with Crippen LogP contribution < -0.4 is 8.27 Å². The average molecular weight is 507 g/mol. The monoisotopic (exact) mass is 507 g/mol. The van der Waals surface area contributed by atoms with Crippen molar-refractivity contribution in [2.45, 2.75) is 25.4 Å². The third-order valence-corrected chi connectivity index (χ3v) is 5.44. The van der Waals surface area contributed by atoms with Gasteiger partial charge in [-0.3, -0.25) is 17.8 Å². The van der Waals surface area contributed by atoms with Crippen molar-refractivity contribution in [2.24, 2.45) is 0 Å². The highest BCUT2D eigenvalue weighted by molar-refractivity contribution is 14.1. The summed E-state index contributed by atoms with van der Waals surface area (Å²) in [5.41, 5.74) is 1.35. The van der Waals surface area contributed by atoms with Gasteiger partial charge in [-0.15, -0.1) is 0 Å². The van der Waals surface area contributed by atoms with Crippen molar-refractivity contribution in [1.29, 1.82) is 0 Å². The standard InChI is InChI=1S/C19H18IN5O4/c20-23-18(26)16-2-1-6-24(16)10-13-9-17(22-11-21-13)29-14-3-4-15-12(8-14)5-7-25(15)19(27)28/h3-5,7-9,11,16H,1-2,6,10H2,(H,23,26)(H,27,28). The molecule has 3 heterocycles. The first-order valence-electron chi connectivity index (χ1n) is 9.03. The molecule has 0 spiro atoms. The summed E-state index contributed by atoms with van der Waals surface area (Å²) in [5.74, 6) is 0.949. The molecule has 150 valence electrons. The number of nitrogens with zero attached hydrogens (tertiary/aromatic N) is 4. The van der Waals surface area contributed by atoms with Crippen LogP contribution in [0.25, 0.3) is 10.9 Å². The molecule has 4 rings (SSSR count). The SMILES string of the molecule is O=C(NI)C1CCCN1Cc1cc(Oc2ccc3c(ccn3C(=O)O)c2)ncn1. The first-order valence-corrected chi connectivity index (χ1v) is 10.1. The number of hydrogen-bond donors (Lipinski definition) is 2. The maximum atomic E-state index is 12.0. The number of carboxylic acid groups (broad SMARTS) is 1. The number of amides is 1. The molecular weight excluding hydrogens is 489 g/mol. The Morgan fingerprint density at radius 3 is 2.93 bits per heavy atom. The fraction of sp³-hybridized carbons (Fsp3) is 0.263. The fourth-order valence-corrected chi connectivity index (χ4v) is 3.93. The molecule has 10 heteroatoms. The Morgan fingerprint density at radius 1 is 1.28 bits per heavy atom. The molecule has 0 radical (unpaired) electrons. The molecule has 29 heavy (non-hydrogen) atoms. The maximum Gasteiger partial charge on any atom is 0.415 e. The predicted octanol–water partition coefficient (Wildman–Crippen LogP) is 3.18. The lowest BCUT2D eigenvalue weighted by Crippen LogP contribution is -2.39. The number of fused-ring (bicyclic) bond motifs is 1. The number of nitrogens with one attached hydrogen (secondary N) is 1. The molecule has 0 aliphatic carbocycles. The van der Waals surface area contributed by atoms with E-state index in [1.165, 1.54) is 12.5 Å². The predicted molar refractivity (Wildman–Crippen MR) is 113 cm³/mol. The molecule has 1 aliphatic rings. The fourth-order valence-electron chi connectivity index (χ4n) is 3.57. The lowest BCUT2D eigenvalue weighted by molar-refractivity contribution is -0.123. The second-order valence-corrected chi connectivity index (χ2v) is 7.27. The van der Waals surface area contributed by atoms with Gasteiger partial charge in [-0.05, 0) is 43.7 Å². The normalized spacial score (nSPS) is 16.8. The van der Waals surface area contributed by atoms with Crippen molar-refractivity contribution in [3.8, 4) is 11.6 Å². The number of halogens is 1. The summed E-state index contributed by atoms with van der Waals surface area (Å²) < 4.78 is 9.69. The topological polar surface area (TPSA) is 110 Å². The Hall–Kier alpha value is -2.73. The van der Waals surface area contributed by atoms with Gasteiger partial charge in [0.15, 0.2) is 0 Å². The first-order chi connectivity index (χ1) is 14.0. The van der Waals surface area contributed by atoms with E-state index in [1.54, 1.807) is 30.3 Å². The minimum absolute atomic E-state index is 0.00947. The highest BCUT2D eigenvalue weighted by atomic mass is 127. The van der Waals surface area contributed by atoms with Crippen LogP contribution in [-0.4, -0.2) is 49.1 Å². The van der Waals surface area contributed by atoms with Crippen LogP contribution >= 0.6 is 22.9 Å². The van der Waals surface area contributed by atoms with Gasteiger partial charge in [0.25, 0.3) is 0 Å². The van der Waals surface area contributed by atoms with Crippen LogP contribution in [0.5, 0.6) is 11.6 Å². The number of rotatable bonds is 5. The van der Waals surface area contributed by atoms with Crippen LogP contribution in [0.2, 0.25) is 0 Å². The van der Waals surface area contributed by atoms with Crippen molar-refractivity contribution in [3.05, 3.63) is 48.5 Å². The van der Waals surface area contributed by atoms with E-state index in [4.69, 9.17) is 4.74 Å². The zero-order chi connectivity index (χ0) is 20.4. The van der Waals surface area contributed by atoms with E-state index in [0.29, 0.717) is 23.7 Å². The summed E-state index contributed by atoms with van der Waals surface area (Å²) in [5, 5.41) is 9.93. The molecule has 1 aromatic carbocycles. The minimum atomic E-state index is -1.04. The quantitative estimate of drug-likeness (QED) is 0.403. The second kappa shape index (κ2) is 8.33. The highest BCUT2D eigenvalue weighted by Gasteiger charge is 2.30. The molecule has 2 N–H and O–H groups in total. The molecule has 1 unspecified atom stereocenters. The number of ether oxygens (including phenoxy) is 1. The number of likely N-dealkylation sites (tertiary alicyclic amines) is 1. The Labute approximate surface area is 180 Å². The largest absolute Gasteiger partial charge is 0.464 e. The maximum absolute atomic E-state index is 12.0. The molecule has 1 saturated heterocycles. The molecule has 3 aromatic rings. The van der Waals surface area contributed by atoms with Crippen LogP contribution in [0.4, 0.5) is 4.79 Å². The van der Waals surface area contributed by atoms with Crippen LogP contribution in [0.1, 0.15) is 18.5 Å². The molecule has 9 nitrogen and oxygen atoms in total. The summed E-state index contributed by atoms with van der Waals surface area (Å²) in [7, 11) is 0. The number of carbonyl (C=O) groups is 2. The van der Waals surface area contributed by atoms with Crippen molar-refractivity contribution >= 4 is 45.8 Å². The van der Waals surface area contributed by atoms with E-state index in [0.717, 1.165) is 35.0 Å². The van der Waals surface area contributed by atoms with Gasteiger partial charge < -0.3 is 9.84 Å². The van der Waals surface area contributed by atoms with E-state index in [9.17, 15) is 14.7 Å². The van der Waals surface area contributed by atoms with Gasteiger partial charge in [-0.1, -0.05) is 0 Å². The summed E-state index contributed by atoms with van der Waals surface area (Å²) in [6.45, 7) is 1.38. The minimum Gasteiger partial charge on any atom is -0.464 e. The Bertz CT molecular complexity index is 1070. The molecule has 2 aromatic heterocycles. The van der Waals surface area contributed by atoms with E-state index in [1.807, 2.05) is 22.9 Å². The van der Waals surface area contributed by atoms with E-state index < -0.39 is 6.09 Å². The number of carbonyl (C=O) groups excluding carboxylic acids is 1. The summed E-state index contributed by atoms with van der Waals surface area (Å²) in [6, 6.07) is 8.48. The van der Waals surface area contributed by atoms with Gasteiger partial charge >= 0.3 is 6.09 Å². The Balaban J connectivity index is 1.50. The number of aromatic nitrogens is 3. The zero-order valence-corrected chi connectivity index (χ0v) is 17.4. The lowest BCUT2D eigenvalue weighted by Gasteiger charge is -2.22. The summed E-state index contributed by atoms with van der Waals surface area (Å²) in [4.78, 5) is 33.8. The second-order valence-electron chi connectivity index (χ2n) is 6.73. The third kappa shape index (κ3) is 4.17. The molecular formula is C19H18IN5O4. The van der Waals surface area contributed by atoms with Gasteiger partial charge in [0.05, 0.1) is 40.1 Å². The molecule has 1 fully saturated rings. The summed E-state index contributed by atoms with van der Waals surface area (Å²) in [6.07, 6.45) is 3.70. The molecule has 0 bridgehead atoms. The lowest BCUT2D eigenvalue weighted by atomic mass is 10.2. The first kappa shape index (κ1) is 19.6. The van der Waals surface area contributed by atoms with Gasteiger partial charge in [0.1, 0.15) is 12.1 Å². The van der Waals surface area contributed by atoms with Gasteiger partial charge in [0.2, 0.25) is 11.8 Å². The third-order valence-electron chi connectivity index (χ3n) is 4.91. The van der Waals surface area contributed by atoms with E-state index in [-0.39, 0.29) is 11.9 Å². The molecule has 1 amide bonds. The van der Waals surface area contributed by atoms with Crippen molar-refractivity contribution in [2.75, 3.05) is 6.54 Å². The number of hydrogen-bond acceptors (Lipinski definition) is 6. The van der Waals surface area contributed by atoms with Gasteiger partial charge in [0, 0.05) is 24.2 Å².